The summed E-state index contributed by atoms with van der Waals surface area (Å²) in [4.78, 5) is 21.7. The molecule has 0 radical (unpaired) electrons. The number of hydrogen-bond acceptors (Lipinski definition) is 6. The Labute approximate surface area is 158 Å². The number of hydrogen-bond donors (Lipinski definition) is 2. The van der Waals surface area contributed by atoms with Crippen LogP contribution in [0.15, 0.2) is 35.6 Å². The minimum atomic E-state index is -4.51. The van der Waals surface area contributed by atoms with Crippen molar-refractivity contribution >= 4 is 35.3 Å². The van der Waals surface area contributed by atoms with E-state index in [4.69, 9.17) is 0 Å². The molecule has 0 fully saturated rings. The van der Waals surface area contributed by atoms with E-state index in [1.54, 1.807) is 31.5 Å². The molecule has 0 aliphatic rings. The fraction of sp³-hybridized carbons (Fsp3) is 0.235. The van der Waals surface area contributed by atoms with Crippen molar-refractivity contribution in [1.29, 1.82) is 0 Å². The van der Waals surface area contributed by atoms with Gasteiger partial charge in [-0.15, -0.1) is 0 Å². The number of carbonyl (C=O) groups is 1. The number of carboxylic acids is 1. The molecule has 2 rings (SSSR count). The highest BCUT2D eigenvalue weighted by Crippen LogP contribution is 2.32. The van der Waals surface area contributed by atoms with Gasteiger partial charge in [0.25, 0.3) is 0 Å². The molecular weight excluding hydrogens is 381 g/mol. The number of benzene rings is 1. The maximum atomic E-state index is 12.9. The Morgan fingerprint density at radius 1 is 1.30 bits per heavy atom. The number of aromatic nitrogens is 2. The van der Waals surface area contributed by atoms with Crippen LogP contribution in [-0.4, -0.2) is 46.3 Å². The van der Waals surface area contributed by atoms with Crippen molar-refractivity contribution in [1.82, 2.24) is 14.9 Å². The zero-order valence-corrected chi connectivity index (χ0v) is 15.5. The second-order valence-electron chi connectivity index (χ2n) is 5.61. The summed E-state index contributed by atoms with van der Waals surface area (Å²) in [5.41, 5.74) is -0.870. The van der Waals surface area contributed by atoms with E-state index in [9.17, 15) is 23.1 Å². The van der Waals surface area contributed by atoms with Gasteiger partial charge >= 0.3 is 12.1 Å². The normalized spacial score (nSPS) is 11.6. The highest BCUT2D eigenvalue weighted by atomic mass is 32.2. The van der Waals surface area contributed by atoms with Gasteiger partial charge < -0.3 is 15.3 Å². The van der Waals surface area contributed by atoms with Crippen molar-refractivity contribution < 1.29 is 23.1 Å². The fourth-order valence-corrected chi connectivity index (χ4v) is 2.47. The SMILES string of the molecule is CSc1nc(C=CN(C)C)c(C(=O)O)c(Nc2cccc(C(F)(F)F)c2)n1. The molecule has 0 saturated heterocycles. The number of aromatic carboxylic acids is 1. The van der Waals surface area contributed by atoms with Crippen molar-refractivity contribution in [3.63, 3.8) is 0 Å². The van der Waals surface area contributed by atoms with Crippen LogP contribution >= 0.6 is 11.8 Å². The Kier molecular flexibility index (Phi) is 6.32. The highest BCUT2D eigenvalue weighted by Gasteiger charge is 2.30. The van der Waals surface area contributed by atoms with E-state index in [1.807, 2.05) is 0 Å². The summed E-state index contributed by atoms with van der Waals surface area (Å²) in [6.45, 7) is 0. The average molecular weight is 398 g/mol. The van der Waals surface area contributed by atoms with Gasteiger partial charge in [0.15, 0.2) is 5.16 Å². The van der Waals surface area contributed by atoms with Crippen LogP contribution < -0.4 is 5.32 Å². The van der Waals surface area contributed by atoms with Gasteiger partial charge in [-0.05, 0) is 30.5 Å². The van der Waals surface area contributed by atoms with E-state index in [0.717, 1.165) is 12.1 Å². The number of thioether (sulfide) groups is 1. The van der Waals surface area contributed by atoms with E-state index in [1.165, 1.54) is 30.0 Å². The lowest BCUT2D eigenvalue weighted by molar-refractivity contribution is -0.137. The number of carboxylic acid groups (broad SMARTS) is 1. The number of halogens is 3. The minimum Gasteiger partial charge on any atom is -0.477 e. The van der Waals surface area contributed by atoms with Gasteiger partial charge in [0, 0.05) is 26.0 Å². The van der Waals surface area contributed by atoms with Gasteiger partial charge in [-0.2, -0.15) is 13.2 Å². The standard InChI is InChI=1S/C17H17F3N4O2S/c1-24(2)8-7-12-13(15(25)26)14(23-16(22-12)27-3)21-11-6-4-5-10(9-11)17(18,19)20/h4-9H,1-3H3,(H,25,26)(H,21,22,23). The first kappa shape index (κ1) is 20.6. The molecule has 144 valence electrons. The van der Waals surface area contributed by atoms with Gasteiger partial charge in [-0.3, -0.25) is 0 Å². The molecule has 6 nitrogen and oxygen atoms in total. The lowest BCUT2D eigenvalue weighted by Gasteiger charge is -2.14. The minimum absolute atomic E-state index is 0.0700. The van der Waals surface area contributed by atoms with Crippen LogP contribution in [0.5, 0.6) is 0 Å². The lowest BCUT2D eigenvalue weighted by Crippen LogP contribution is -2.11. The number of alkyl halides is 3. The van der Waals surface area contributed by atoms with Crippen LogP contribution in [0.2, 0.25) is 0 Å². The number of anilines is 2. The van der Waals surface area contributed by atoms with E-state index < -0.39 is 17.7 Å². The zero-order chi connectivity index (χ0) is 20.2. The second-order valence-corrected chi connectivity index (χ2v) is 6.38. The summed E-state index contributed by atoms with van der Waals surface area (Å²) in [6.07, 6.45) is 0.321. The zero-order valence-electron chi connectivity index (χ0n) is 14.7. The largest absolute Gasteiger partial charge is 0.477 e. The van der Waals surface area contributed by atoms with Crippen molar-refractivity contribution in [2.45, 2.75) is 11.3 Å². The molecular formula is C17H17F3N4O2S. The Morgan fingerprint density at radius 2 is 2.00 bits per heavy atom. The first-order chi connectivity index (χ1) is 12.6. The molecule has 0 aliphatic heterocycles. The van der Waals surface area contributed by atoms with E-state index in [0.29, 0.717) is 0 Å². The van der Waals surface area contributed by atoms with Gasteiger partial charge in [-0.25, -0.2) is 14.8 Å². The molecule has 0 aliphatic carbocycles. The van der Waals surface area contributed by atoms with Gasteiger partial charge in [0.05, 0.1) is 11.3 Å². The molecule has 2 N–H and O–H groups in total. The topological polar surface area (TPSA) is 78.4 Å². The molecule has 27 heavy (non-hydrogen) atoms. The van der Waals surface area contributed by atoms with Crippen LogP contribution in [0, 0.1) is 0 Å². The van der Waals surface area contributed by atoms with Gasteiger partial charge in [-0.1, -0.05) is 17.8 Å². The predicted octanol–water partition coefficient (Wildman–Crippen LogP) is 4.19. The Bertz CT molecular complexity index is 870. The van der Waals surface area contributed by atoms with Crippen LogP contribution in [0.1, 0.15) is 21.6 Å². The molecule has 0 amide bonds. The third-order valence-corrected chi connectivity index (χ3v) is 3.84. The molecule has 1 heterocycles. The fourth-order valence-electron chi connectivity index (χ4n) is 2.10. The summed E-state index contributed by atoms with van der Waals surface area (Å²) in [5.74, 6) is -1.38. The number of nitrogens with one attached hydrogen (secondary N) is 1. The maximum absolute atomic E-state index is 12.9. The second kappa shape index (κ2) is 8.30. The van der Waals surface area contributed by atoms with Crippen LogP contribution in [0.25, 0.3) is 6.08 Å². The van der Waals surface area contributed by atoms with Crippen molar-refractivity contribution in [3.05, 3.63) is 47.3 Å². The summed E-state index contributed by atoms with van der Waals surface area (Å²) >= 11 is 1.19. The monoisotopic (exact) mass is 398 g/mol. The summed E-state index contributed by atoms with van der Waals surface area (Å²) < 4.78 is 38.7. The molecule has 0 spiro atoms. The van der Waals surface area contributed by atoms with Crippen molar-refractivity contribution in [2.24, 2.45) is 0 Å². The maximum Gasteiger partial charge on any atom is 0.416 e. The van der Waals surface area contributed by atoms with Crippen LogP contribution in [0.3, 0.4) is 0 Å². The molecule has 1 aromatic heterocycles. The lowest BCUT2D eigenvalue weighted by atomic mass is 10.1. The average Bonchev–Trinajstić information content (AvgIpc) is 2.58. The molecule has 10 heteroatoms. The van der Waals surface area contributed by atoms with E-state index in [2.05, 4.69) is 15.3 Å². The van der Waals surface area contributed by atoms with Crippen LogP contribution in [-0.2, 0) is 6.18 Å². The summed E-state index contributed by atoms with van der Waals surface area (Å²) in [5, 5.41) is 12.5. The summed E-state index contributed by atoms with van der Waals surface area (Å²) in [7, 11) is 3.52. The smallest absolute Gasteiger partial charge is 0.416 e. The number of rotatable bonds is 6. The van der Waals surface area contributed by atoms with E-state index >= 15 is 0 Å². The van der Waals surface area contributed by atoms with Gasteiger partial charge in [0.1, 0.15) is 11.4 Å². The third-order valence-electron chi connectivity index (χ3n) is 3.30. The first-order valence-corrected chi connectivity index (χ1v) is 8.82. The molecule has 0 unspecified atom stereocenters. The Hall–Kier alpha value is -2.75. The van der Waals surface area contributed by atoms with Crippen molar-refractivity contribution in [3.8, 4) is 0 Å². The van der Waals surface area contributed by atoms with Gasteiger partial charge in [0.2, 0.25) is 0 Å². The van der Waals surface area contributed by atoms with E-state index in [-0.39, 0.29) is 27.9 Å². The Balaban J connectivity index is 2.55. The van der Waals surface area contributed by atoms with Crippen molar-refractivity contribution in [2.75, 3.05) is 25.7 Å². The molecule has 1 aromatic carbocycles. The van der Waals surface area contributed by atoms with Crippen LogP contribution in [0.4, 0.5) is 24.7 Å². The first-order valence-electron chi connectivity index (χ1n) is 7.60. The summed E-state index contributed by atoms with van der Waals surface area (Å²) in [6, 6.07) is 4.45. The molecule has 0 saturated carbocycles. The Morgan fingerprint density at radius 3 is 2.56 bits per heavy atom. The third kappa shape index (κ3) is 5.36. The highest BCUT2D eigenvalue weighted by molar-refractivity contribution is 7.98. The molecule has 0 bridgehead atoms. The molecule has 2 aromatic rings. The predicted molar refractivity (Wildman–Crippen MR) is 98.2 cm³/mol. The number of nitrogens with zero attached hydrogens (tertiary/aromatic N) is 3. The molecule has 0 atom stereocenters. The quantitative estimate of drug-likeness (QED) is 0.558.